The van der Waals surface area contributed by atoms with Crippen LogP contribution in [0.1, 0.15) is 24.0 Å². The third kappa shape index (κ3) is 4.09. The molecule has 3 N–H and O–H groups in total. The Bertz CT molecular complexity index is 676. The molecule has 1 aromatic rings. The van der Waals surface area contributed by atoms with Gasteiger partial charge in [-0.25, -0.2) is 13.1 Å². The van der Waals surface area contributed by atoms with Crippen LogP contribution in [-0.2, 0) is 20.8 Å². The number of hydrogen-bond donors (Lipinski definition) is 2. The highest BCUT2D eigenvalue weighted by Crippen LogP contribution is 2.19. The van der Waals surface area contributed by atoms with Gasteiger partial charge in [-0.15, -0.1) is 0 Å². The molecule has 1 heterocycles. The highest BCUT2D eigenvalue weighted by Gasteiger charge is 2.25. The summed E-state index contributed by atoms with van der Waals surface area (Å²) in [7, 11) is -4.39. The first-order valence-corrected chi connectivity index (χ1v) is 9.95. The highest BCUT2D eigenvalue weighted by molar-refractivity contribution is 7.89. The van der Waals surface area contributed by atoms with Gasteiger partial charge in [0.15, 0.2) is 0 Å². The average molecular weight is 346 g/mol. The van der Waals surface area contributed by atoms with Gasteiger partial charge in [0.25, 0.3) is 0 Å². The lowest BCUT2D eigenvalue weighted by molar-refractivity contribution is 0.521. The van der Waals surface area contributed by atoms with Gasteiger partial charge < -0.3 is 5.73 Å². The predicted molar refractivity (Wildman–Crippen MR) is 88.3 cm³/mol. The molecule has 0 aliphatic carbocycles. The molecule has 0 aromatic heterocycles. The number of thiocarbonyl (C=S) groups is 1. The topological polar surface area (TPSA) is 89.3 Å². The van der Waals surface area contributed by atoms with Crippen LogP contribution in [0.25, 0.3) is 0 Å². The third-order valence-electron chi connectivity index (χ3n) is 3.46. The molecule has 2 rings (SSSR count). The molecule has 1 saturated heterocycles. The van der Waals surface area contributed by atoms with Gasteiger partial charge in [0.05, 0.1) is 4.90 Å². The number of nitrogens with one attached hydrogen (secondary N) is 1. The molecule has 1 aliphatic rings. The van der Waals surface area contributed by atoms with E-state index in [0.29, 0.717) is 35.5 Å². The summed E-state index contributed by atoms with van der Waals surface area (Å²) in [6.45, 7) is 1.71. The van der Waals surface area contributed by atoms with E-state index < -0.39 is 20.8 Å². The average Bonchev–Trinajstić information content (AvgIpc) is 2.40. The van der Waals surface area contributed by atoms with Crippen LogP contribution in [0, 0.1) is 6.92 Å². The lowest BCUT2D eigenvalue weighted by Gasteiger charge is -2.23. The van der Waals surface area contributed by atoms with Crippen LogP contribution in [-0.4, -0.2) is 35.2 Å². The van der Waals surface area contributed by atoms with E-state index >= 15 is 0 Å². The Labute approximate surface area is 132 Å². The minimum Gasteiger partial charge on any atom is -0.389 e. The number of aryl methyl sites for hydroxylation is 1. The van der Waals surface area contributed by atoms with E-state index in [1.807, 2.05) is 0 Å². The van der Waals surface area contributed by atoms with Crippen molar-refractivity contribution < 1.29 is 12.6 Å². The number of rotatable bonds is 4. The molecule has 116 valence electrons. The second-order valence-corrected chi connectivity index (χ2v) is 8.91. The Kier molecular flexibility index (Phi) is 5.13. The second-order valence-electron chi connectivity index (χ2n) is 5.09. The quantitative estimate of drug-likeness (QED) is 0.788. The van der Waals surface area contributed by atoms with Gasteiger partial charge in [-0.3, -0.25) is 4.21 Å². The van der Waals surface area contributed by atoms with Crippen LogP contribution in [0.3, 0.4) is 0 Å². The van der Waals surface area contributed by atoms with Gasteiger partial charge in [0.1, 0.15) is 4.99 Å². The molecule has 1 fully saturated rings. The van der Waals surface area contributed by atoms with Gasteiger partial charge in [-0.1, -0.05) is 18.3 Å². The minimum absolute atomic E-state index is 0.151. The zero-order chi connectivity index (χ0) is 15.6. The summed E-state index contributed by atoms with van der Waals surface area (Å²) in [5.41, 5.74) is 6.79. The second kappa shape index (κ2) is 6.51. The summed E-state index contributed by atoms with van der Waals surface area (Å²) in [4.78, 5) is 0.471. The Morgan fingerprint density at radius 1 is 1.38 bits per heavy atom. The molecule has 21 heavy (non-hydrogen) atoms. The molecular weight excluding hydrogens is 328 g/mol. The van der Waals surface area contributed by atoms with E-state index in [1.165, 1.54) is 6.07 Å². The van der Waals surface area contributed by atoms with Gasteiger partial charge in [0.2, 0.25) is 10.0 Å². The summed E-state index contributed by atoms with van der Waals surface area (Å²) in [5, 5.41) is 0. The lowest BCUT2D eigenvalue weighted by atomic mass is 10.1. The molecule has 0 atom stereocenters. The largest absolute Gasteiger partial charge is 0.389 e. The van der Waals surface area contributed by atoms with E-state index in [2.05, 4.69) is 4.72 Å². The summed E-state index contributed by atoms with van der Waals surface area (Å²) in [5.74, 6) is 1.10. The Balaban J connectivity index is 2.19. The first kappa shape index (κ1) is 16.5. The Hall–Kier alpha value is -0.830. The van der Waals surface area contributed by atoms with E-state index in [0.717, 1.165) is 0 Å². The summed E-state index contributed by atoms with van der Waals surface area (Å²) in [6.07, 6.45) is 1.21. The van der Waals surface area contributed by atoms with Gasteiger partial charge in [-0.2, -0.15) is 0 Å². The zero-order valence-corrected chi connectivity index (χ0v) is 14.1. The van der Waals surface area contributed by atoms with Crippen molar-refractivity contribution in [2.24, 2.45) is 5.73 Å². The molecule has 0 radical (unpaired) electrons. The molecular formula is C13H18N2O3S3. The molecule has 0 amide bonds. The van der Waals surface area contributed by atoms with Crippen LogP contribution in [0.4, 0.5) is 0 Å². The van der Waals surface area contributed by atoms with Gasteiger partial charge in [-0.05, 0) is 37.5 Å². The van der Waals surface area contributed by atoms with Crippen molar-refractivity contribution >= 4 is 38.0 Å². The number of hydrogen-bond acceptors (Lipinski definition) is 4. The third-order valence-corrected chi connectivity index (χ3v) is 6.76. The van der Waals surface area contributed by atoms with E-state index in [9.17, 15) is 12.6 Å². The monoisotopic (exact) mass is 346 g/mol. The zero-order valence-electron chi connectivity index (χ0n) is 11.7. The number of benzene rings is 1. The van der Waals surface area contributed by atoms with Gasteiger partial charge in [0, 0.05) is 33.9 Å². The highest BCUT2D eigenvalue weighted by atomic mass is 32.2. The normalized spacial score (nSPS) is 22.9. The van der Waals surface area contributed by atoms with Crippen molar-refractivity contribution in [3.8, 4) is 0 Å². The van der Waals surface area contributed by atoms with Crippen molar-refractivity contribution in [3.63, 3.8) is 0 Å². The maximum atomic E-state index is 12.4. The number of nitrogens with two attached hydrogens (primary N) is 1. The van der Waals surface area contributed by atoms with Gasteiger partial charge >= 0.3 is 0 Å². The van der Waals surface area contributed by atoms with Crippen LogP contribution in [0.15, 0.2) is 23.1 Å². The minimum atomic E-state index is -3.58. The van der Waals surface area contributed by atoms with Crippen molar-refractivity contribution in [1.29, 1.82) is 0 Å². The fraction of sp³-hybridized carbons (Fsp3) is 0.462. The molecule has 5 nitrogen and oxygen atoms in total. The van der Waals surface area contributed by atoms with Crippen molar-refractivity contribution in [1.82, 2.24) is 4.72 Å². The van der Waals surface area contributed by atoms with E-state index in [1.54, 1.807) is 19.1 Å². The first-order valence-electron chi connectivity index (χ1n) is 6.57. The molecule has 1 aromatic carbocycles. The first-order chi connectivity index (χ1) is 9.79. The van der Waals surface area contributed by atoms with Crippen LogP contribution < -0.4 is 10.5 Å². The summed E-state index contributed by atoms with van der Waals surface area (Å²) in [6, 6.07) is 4.65. The molecule has 0 unspecified atom stereocenters. The van der Waals surface area contributed by atoms with Crippen LogP contribution in [0.2, 0.25) is 0 Å². The lowest BCUT2D eigenvalue weighted by Crippen LogP contribution is -2.39. The fourth-order valence-electron chi connectivity index (χ4n) is 2.30. The molecule has 8 heteroatoms. The predicted octanol–water partition coefficient (Wildman–Crippen LogP) is 0.819. The maximum Gasteiger partial charge on any atom is 0.241 e. The van der Waals surface area contributed by atoms with Crippen molar-refractivity contribution in [3.05, 3.63) is 29.3 Å². The standard InChI is InChI=1S/C13H18N2O3S3/c1-9-8-10(13(14)19)2-3-12(9)21(17,18)15-11-4-6-20(16)7-5-11/h2-3,8,11,15H,4-7H2,1H3,(H2,14,19). The van der Waals surface area contributed by atoms with E-state index in [4.69, 9.17) is 18.0 Å². The van der Waals surface area contributed by atoms with Crippen LogP contribution >= 0.6 is 12.2 Å². The van der Waals surface area contributed by atoms with E-state index in [-0.39, 0.29) is 15.9 Å². The maximum absolute atomic E-state index is 12.4. The summed E-state index contributed by atoms with van der Waals surface area (Å²) < 4.78 is 38.9. The van der Waals surface area contributed by atoms with Crippen molar-refractivity contribution in [2.45, 2.75) is 30.7 Å². The Morgan fingerprint density at radius 2 is 2.00 bits per heavy atom. The molecule has 0 saturated carbocycles. The van der Waals surface area contributed by atoms with Crippen molar-refractivity contribution in [2.75, 3.05) is 11.5 Å². The molecule has 0 spiro atoms. The molecule has 1 aliphatic heterocycles. The molecule has 0 bridgehead atoms. The fourth-order valence-corrected chi connectivity index (χ4v) is 5.26. The smallest absolute Gasteiger partial charge is 0.241 e. The summed E-state index contributed by atoms with van der Waals surface area (Å²) >= 11 is 4.88. The van der Waals surface area contributed by atoms with Crippen LogP contribution in [0.5, 0.6) is 0 Å². The SMILES string of the molecule is Cc1cc(C(N)=S)ccc1S(=O)(=O)NC1CCS(=O)CC1. The number of sulfonamides is 1. The Morgan fingerprint density at radius 3 is 2.52 bits per heavy atom.